The Labute approximate surface area is 280 Å². The second-order valence-electron chi connectivity index (χ2n) is 15.0. The highest BCUT2D eigenvalue weighted by Crippen LogP contribution is 2.39. The number of hydrogen-bond donors (Lipinski definition) is 0. The van der Waals surface area contributed by atoms with E-state index in [0.29, 0.717) is 0 Å². The first-order valence-corrected chi connectivity index (χ1v) is 17.3. The topological polar surface area (TPSA) is 17.1 Å². The lowest BCUT2D eigenvalue weighted by Crippen LogP contribution is -2.16. The van der Waals surface area contributed by atoms with Crippen LogP contribution in [0.4, 0.5) is 0 Å². The second kappa shape index (κ2) is 10.6. The van der Waals surface area contributed by atoms with Crippen LogP contribution >= 0.6 is 11.3 Å². The van der Waals surface area contributed by atoms with Crippen LogP contribution in [-0.4, -0.2) is 0 Å². The molecule has 1 nitrogen and oxygen atoms in total. The fourth-order valence-corrected chi connectivity index (χ4v) is 8.00. The number of hydrogen-bond acceptors (Lipinski definition) is 2. The highest BCUT2D eigenvalue weighted by Gasteiger charge is 2.21. The van der Waals surface area contributed by atoms with E-state index in [4.69, 9.17) is 0 Å². The zero-order chi connectivity index (χ0) is 32.7. The molecule has 8 aromatic rings. The van der Waals surface area contributed by atoms with Gasteiger partial charge in [-0.1, -0.05) is 133 Å². The summed E-state index contributed by atoms with van der Waals surface area (Å²) in [5.74, 6) is 0. The van der Waals surface area contributed by atoms with E-state index >= 15 is 0 Å². The maximum atomic E-state index is 14.2. The average molecular weight is 627 g/mol. The Bertz CT molecular complexity index is 2540. The molecule has 0 N–H and O–H groups in total. The van der Waals surface area contributed by atoms with Gasteiger partial charge in [0.15, 0.2) is 5.43 Å². The van der Waals surface area contributed by atoms with Gasteiger partial charge in [0.2, 0.25) is 0 Å². The van der Waals surface area contributed by atoms with Crippen molar-refractivity contribution < 1.29 is 0 Å². The van der Waals surface area contributed by atoms with E-state index in [1.807, 2.05) is 0 Å². The number of rotatable bonds is 2. The Kier molecular flexibility index (Phi) is 6.69. The molecule has 0 aliphatic heterocycles. The zero-order valence-electron chi connectivity index (χ0n) is 27.9. The molecule has 0 unspecified atom stereocenters. The summed E-state index contributed by atoms with van der Waals surface area (Å²) in [6.07, 6.45) is 0. The van der Waals surface area contributed by atoms with Crippen molar-refractivity contribution in [2.24, 2.45) is 0 Å². The van der Waals surface area contributed by atoms with Gasteiger partial charge in [0.05, 0.1) is 0 Å². The molecular weight excluding hydrogens is 589 g/mol. The van der Waals surface area contributed by atoms with Crippen LogP contribution in [0.15, 0.2) is 126 Å². The molecule has 2 heteroatoms. The molecule has 230 valence electrons. The van der Waals surface area contributed by atoms with Crippen LogP contribution in [0.5, 0.6) is 0 Å². The van der Waals surface area contributed by atoms with E-state index in [9.17, 15) is 4.79 Å². The van der Waals surface area contributed by atoms with Gasteiger partial charge in [-0.05, 0) is 107 Å². The summed E-state index contributed by atoms with van der Waals surface area (Å²) in [5.41, 5.74) is 7.18. The van der Waals surface area contributed by atoms with E-state index in [1.165, 1.54) is 49.0 Å². The monoisotopic (exact) mass is 626 g/mol. The van der Waals surface area contributed by atoms with Crippen molar-refractivity contribution in [2.75, 3.05) is 0 Å². The molecule has 0 atom stereocenters. The third-order valence-corrected chi connectivity index (χ3v) is 10.9. The molecule has 1 aromatic heterocycles. The minimum absolute atomic E-state index is 0.0212. The summed E-state index contributed by atoms with van der Waals surface area (Å²) in [6.45, 7) is 13.6. The smallest absolute Gasteiger partial charge is 0.195 e. The van der Waals surface area contributed by atoms with Crippen LogP contribution in [0.1, 0.15) is 52.7 Å². The molecule has 0 aliphatic carbocycles. The lowest BCUT2D eigenvalue weighted by molar-refractivity contribution is 0.569. The van der Waals surface area contributed by atoms with Gasteiger partial charge in [-0.15, -0.1) is 11.3 Å². The zero-order valence-corrected chi connectivity index (χ0v) is 28.7. The largest absolute Gasteiger partial charge is 0.289 e. The van der Waals surface area contributed by atoms with E-state index in [1.54, 1.807) is 11.3 Å². The van der Waals surface area contributed by atoms with Crippen LogP contribution in [-0.2, 0) is 10.8 Å². The van der Waals surface area contributed by atoms with Gasteiger partial charge in [0, 0.05) is 20.2 Å². The van der Waals surface area contributed by atoms with Gasteiger partial charge >= 0.3 is 0 Å². The summed E-state index contributed by atoms with van der Waals surface area (Å²) in [5, 5.41) is 9.10. The molecule has 47 heavy (non-hydrogen) atoms. The van der Waals surface area contributed by atoms with Gasteiger partial charge in [0.25, 0.3) is 0 Å². The Morgan fingerprint density at radius 3 is 1.23 bits per heavy atom. The summed E-state index contributed by atoms with van der Waals surface area (Å²) in [4.78, 5) is 14.2. The molecule has 0 amide bonds. The van der Waals surface area contributed by atoms with Crippen molar-refractivity contribution in [1.29, 1.82) is 0 Å². The molecule has 0 aliphatic rings. The SMILES string of the molecule is CC(C)(C)c1cc(-c2ccc3sc4ccc(-c5ccc6c7ccccc7c7ccccc7c6c5)cc4c(=O)c3c2)cc(C(C)(C)C)c1. The summed E-state index contributed by atoms with van der Waals surface area (Å²) < 4.78 is 2.03. The van der Waals surface area contributed by atoms with Crippen LogP contribution in [0.25, 0.3) is 74.7 Å². The van der Waals surface area contributed by atoms with Gasteiger partial charge in [-0.3, -0.25) is 4.79 Å². The fourth-order valence-electron chi connectivity index (χ4n) is 6.96. The number of fused-ring (bicyclic) bond motifs is 8. The highest BCUT2D eigenvalue weighted by molar-refractivity contribution is 7.24. The summed E-state index contributed by atoms with van der Waals surface area (Å²) >= 11 is 1.69. The van der Waals surface area contributed by atoms with Crippen LogP contribution in [0, 0.1) is 0 Å². The molecule has 7 aromatic carbocycles. The molecule has 0 bridgehead atoms. The molecule has 0 fully saturated rings. The molecule has 0 saturated carbocycles. The average Bonchev–Trinajstić information content (AvgIpc) is 3.07. The van der Waals surface area contributed by atoms with E-state index < -0.39 is 0 Å². The fraction of sp³-hybridized carbons (Fsp3) is 0.178. The Morgan fingerprint density at radius 1 is 0.383 bits per heavy atom. The van der Waals surface area contributed by atoms with Crippen molar-refractivity contribution in [3.8, 4) is 22.3 Å². The minimum atomic E-state index is 0.0212. The maximum Gasteiger partial charge on any atom is 0.195 e. The Hall–Kier alpha value is -4.79. The van der Waals surface area contributed by atoms with Crippen molar-refractivity contribution in [3.05, 3.63) is 143 Å². The molecule has 0 saturated heterocycles. The van der Waals surface area contributed by atoms with Crippen molar-refractivity contribution in [2.45, 2.75) is 52.4 Å². The van der Waals surface area contributed by atoms with E-state index in [0.717, 1.165) is 36.9 Å². The van der Waals surface area contributed by atoms with Crippen LogP contribution < -0.4 is 5.43 Å². The standard InChI is InChI=1S/C45H38OS/c1-44(2,3)31-21-30(22-32(26-31)45(4,5)6)29-17-20-42-40(25-29)43(46)39-24-28(16-19-41(39)47-42)27-15-18-37-35-13-8-7-11-33(35)34-12-9-10-14-36(34)38(37)23-27/h7-26H,1-6H3. The first kappa shape index (κ1) is 29.6. The third-order valence-electron chi connectivity index (χ3n) is 9.74. The van der Waals surface area contributed by atoms with E-state index in [2.05, 4.69) is 163 Å². The highest BCUT2D eigenvalue weighted by atomic mass is 32.1. The second-order valence-corrected chi connectivity index (χ2v) is 16.1. The Balaban J connectivity index is 1.29. The number of benzene rings is 7. The normalized spacial score (nSPS) is 12.6. The lowest BCUT2D eigenvalue weighted by atomic mass is 9.79. The summed E-state index contributed by atoms with van der Waals surface area (Å²) in [7, 11) is 0. The maximum absolute atomic E-state index is 14.2. The third kappa shape index (κ3) is 5.03. The molecule has 8 rings (SSSR count). The van der Waals surface area contributed by atoms with Crippen LogP contribution in [0.3, 0.4) is 0 Å². The van der Waals surface area contributed by atoms with Gasteiger partial charge in [-0.25, -0.2) is 0 Å². The first-order valence-electron chi connectivity index (χ1n) is 16.5. The quantitative estimate of drug-likeness (QED) is 0.138. The molecule has 0 radical (unpaired) electrons. The Morgan fingerprint density at radius 2 is 0.766 bits per heavy atom. The predicted octanol–water partition coefficient (Wildman–Crippen LogP) is 12.8. The van der Waals surface area contributed by atoms with Crippen LogP contribution in [0.2, 0.25) is 0 Å². The molecule has 1 heterocycles. The van der Waals surface area contributed by atoms with Gasteiger partial charge in [-0.2, -0.15) is 0 Å². The first-order chi connectivity index (χ1) is 22.5. The van der Waals surface area contributed by atoms with Gasteiger partial charge in [0.1, 0.15) is 0 Å². The molecule has 0 spiro atoms. The van der Waals surface area contributed by atoms with E-state index in [-0.39, 0.29) is 16.3 Å². The lowest BCUT2D eigenvalue weighted by Gasteiger charge is -2.26. The van der Waals surface area contributed by atoms with Crippen molar-refractivity contribution in [3.63, 3.8) is 0 Å². The van der Waals surface area contributed by atoms with Gasteiger partial charge < -0.3 is 0 Å². The predicted molar refractivity (Wildman–Crippen MR) is 206 cm³/mol. The minimum Gasteiger partial charge on any atom is -0.289 e. The molecular formula is C45H38OS. The van der Waals surface area contributed by atoms with Crippen molar-refractivity contribution in [1.82, 2.24) is 0 Å². The summed E-state index contributed by atoms with van der Waals surface area (Å²) in [6, 6.07) is 43.8. The van der Waals surface area contributed by atoms with Crippen molar-refractivity contribution >= 4 is 63.8 Å².